The highest BCUT2D eigenvalue weighted by molar-refractivity contribution is 7.92. The molecule has 0 fully saturated rings. The van der Waals surface area contributed by atoms with Gasteiger partial charge in [-0.05, 0) is 74.4 Å². The Morgan fingerprint density at radius 1 is 0.810 bits per heavy atom. The molecule has 2 amide bonds. The zero-order valence-corrected chi connectivity index (χ0v) is 24.8. The maximum Gasteiger partial charge on any atom is 0.264 e. The summed E-state index contributed by atoms with van der Waals surface area (Å²) in [6, 6.07) is 31.0. The van der Waals surface area contributed by atoms with E-state index >= 15 is 0 Å². The smallest absolute Gasteiger partial charge is 0.264 e. The van der Waals surface area contributed by atoms with Crippen molar-refractivity contribution in [2.75, 3.05) is 24.4 Å². The van der Waals surface area contributed by atoms with Crippen molar-refractivity contribution in [1.82, 2.24) is 10.2 Å². The van der Waals surface area contributed by atoms with Crippen LogP contribution in [0.5, 0.6) is 11.5 Å². The molecule has 1 N–H and O–H groups in total. The zero-order chi connectivity index (χ0) is 30.1. The summed E-state index contributed by atoms with van der Waals surface area (Å²) in [5.41, 5.74) is 2.20. The summed E-state index contributed by atoms with van der Waals surface area (Å²) in [4.78, 5) is 28.0. The van der Waals surface area contributed by atoms with Crippen LogP contribution in [0.1, 0.15) is 18.1 Å². The van der Waals surface area contributed by atoms with Gasteiger partial charge < -0.3 is 15.0 Å². The number of amides is 2. The molecule has 4 aromatic carbocycles. The first-order valence-corrected chi connectivity index (χ1v) is 15.1. The Labute approximate surface area is 247 Å². The normalized spacial score (nSPS) is 11.8. The van der Waals surface area contributed by atoms with E-state index in [-0.39, 0.29) is 17.3 Å². The van der Waals surface area contributed by atoms with E-state index < -0.39 is 28.5 Å². The zero-order valence-electron chi connectivity index (χ0n) is 23.9. The number of benzene rings is 4. The third kappa shape index (κ3) is 7.55. The number of carbonyl (C=O) groups excluding carboxylic acids is 2. The minimum absolute atomic E-state index is 0.0562. The van der Waals surface area contributed by atoms with Gasteiger partial charge in [-0.3, -0.25) is 13.9 Å². The van der Waals surface area contributed by atoms with Gasteiger partial charge in [-0.2, -0.15) is 0 Å². The Balaban J connectivity index is 1.66. The van der Waals surface area contributed by atoms with E-state index in [9.17, 15) is 18.0 Å². The number of nitrogens with one attached hydrogen (secondary N) is 1. The van der Waals surface area contributed by atoms with E-state index in [1.165, 1.54) is 24.1 Å². The van der Waals surface area contributed by atoms with Crippen molar-refractivity contribution < 1.29 is 22.7 Å². The van der Waals surface area contributed by atoms with Crippen LogP contribution < -0.4 is 14.4 Å². The van der Waals surface area contributed by atoms with Crippen molar-refractivity contribution in [3.05, 3.63) is 120 Å². The first-order chi connectivity index (χ1) is 20.2. The highest BCUT2D eigenvalue weighted by Crippen LogP contribution is 2.28. The second kappa shape index (κ2) is 13.8. The minimum Gasteiger partial charge on any atom is -0.457 e. The van der Waals surface area contributed by atoms with Crippen molar-refractivity contribution in [2.24, 2.45) is 0 Å². The Morgan fingerprint density at radius 2 is 1.38 bits per heavy atom. The lowest BCUT2D eigenvalue weighted by Gasteiger charge is -2.31. The molecule has 0 heterocycles. The molecule has 0 spiro atoms. The second-order valence-corrected chi connectivity index (χ2v) is 11.7. The number of likely N-dealkylation sites (N-methyl/N-ethyl adjacent to an activating group) is 1. The van der Waals surface area contributed by atoms with Gasteiger partial charge >= 0.3 is 0 Å². The van der Waals surface area contributed by atoms with Crippen LogP contribution in [0.15, 0.2) is 114 Å². The molecule has 0 saturated heterocycles. The molecule has 8 nitrogen and oxygen atoms in total. The number of ether oxygens (including phenoxy) is 1. The summed E-state index contributed by atoms with van der Waals surface area (Å²) in [6.45, 7) is 3.25. The number of hydrogen-bond acceptors (Lipinski definition) is 5. The van der Waals surface area contributed by atoms with Crippen LogP contribution >= 0.6 is 0 Å². The quantitative estimate of drug-likeness (QED) is 0.247. The lowest BCUT2D eigenvalue weighted by atomic mass is 10.1. The number of anilines is 1. The number of nitrogens with zero attached hydrogens (tertiary/aromatic N) is 2. The molecule has 0 aliphatic carbocycles. The van der Waals surface area contributed by atoms with Crippen LogP contribution in [0.2, 0.25) is 0 Å². The highest BCUT2D eigenvalue weighted by atomic mass is 32.2. The van der Waals surface area contributed by atoms with Gasteiger partial charge in [-0.1, -0.05) is 66.2 Å². The number of hydrogen-bond donors (Lipinski definition) is 1. The largest absolute Gasteiger partial charge is 0.457 e. The maximum atomic E-state index is 14.0. The topological polar surface area (TPSA) is 96.0 Å². The molecule has 0 aromatic heterocycles. The number of rotatable bonds is 12. The predicted octanol–water partition coefficient (Wildman–Crippen LogP) is 5.19. The van der Waals surface area contributed by atoms with Crippen molar-refractivity contribution in [3.8, 4) is 11.5 Å². The Bertz CT molecular complexity index is 1580. The van der Waals surface area contributed by atoms with Crippen LogP contribution in [0.3, 0.4) is 0 Å². The molecule has 4 aromatic rings. The van der Waals surface area contributed by atoms with Gasteiger partial charge in [0, 0.05) is 13.6 Å². The van der Waals surface area contributed by atoms with E-state index in [2.05, 4.69) is 5.32 Å². The summed E-state index contributed by atoms with van der Waals surface area (Å²) >= 11 is 0. The van der Waals surface area contributed by atoms with Crippen LogP contribution in [0, 0.1) is 6.92 Å². The third-order valence-corrected chi connectivity index (χ3v) is 8.68. The molecule has 1 atom stereocenters. The molecule has 0 aliphatic heterocycles. The summed E-state index contributed by atoms with van der Waals surface area (Å²) in [5, 5.41) is 2.59. The van der Waals surface area contributed by atoms with Gasteiger partial charge in [0.05, 0.1) is 10.6 Å². The number of para-hydroxylation sites is 1. The fraction of sp³-hybridized carbons (Fsp3) is 0.212. The van der Waals surface area contributed by atoms with E-state index in [4.69, 9.17) is 4.74 Å². The first kappa shape index (κ1) is 30.3. The molecule has 0 saturated carbocycles. The van der Waals surface area contributed by atoms with Gasteiger partial charge in [-0.15, -0.1) is 0 Å². The fourth-order valence-corrected chi connectivity index (χ4v) is 5.86. The van der Waals surface area contributed by atoms with E-state index in [1.807, 2.05) is 67.6 Å². The number of carbonyl (C=O) groups is 2. The van der Waals surface area contributed by atoms with Gasteiger partial charge in [0.1, 0.15) is 24.1 Å². The van der Waals surface area contributed by atoms with Gasteiger partial charge in [0.25, 0.3) is 10.0 Å². The molecule has 0 radical (unpaired) electrons. The Hall–Kier alpha value is -4.63. The maximum absolute atomic E-state index is 14.0. The summed E-state index contributed by atoms with van der Waals surface area (Å²) < 4.78 is 34.9. The molecule has 0 unspecified atom stereocenters. The van der Waals surface area contributed by atoms with Crippen LogP contribution in [-0.2, 0) is 26.0 Å². The standard InChI is InChI=1S/C33H35N3O5S/c1-25-14-20-31(21-15-25)42(39,40)36(28-16-18-30(19-17-28)41-29-12-8-5-9-13-29)24-32(37)35(26(2)33(38)34-3)23-22-27-10-6-4-7-11-27/h4-21,26H,22-24H2,1-3H3,(H,34,38)/t26-/m1/s1. The average Bonchev–Trinajstić information content (AvgIpc) is 3.01. The van der Waals surface area contributed by atoms with Gasteiger partial charge in [-0.25, -0.2) is 8.42 Å². The first-order valence-electron chi connectivity index (χ1n) is 13.7. The average molecular weight is 586 g/mol. The molecular formula is C33H35N3O5S. The van der Waals surface area contributed by atoms with Crippen molar-refractivity contribution in [3.63, 3.8) is 0 Å². The third-order valence-electron chi connectivity index (χ3n) is 6.89. The molecule has 0 aliphatic rings. The number of aryl methyl sites for hydroxylation is 1. The lowest BCUT2D eigenvalue weighted by molar-refractivity contribution is -0.138. The van der Waals surface area contributed by atoms with E-state index in [0.29, 0.717) is 23.6 Å². The summed E-state index contributed by atoms with van der Waals surface area (Å²) in [5.74, 6) is 0.317. The molecule has 0 bridgehead atoms. The Morgan fingerprint density at radius 3 is 1.98 bits per heavy atom. The molecule has 218 valence electrons. The van der Waals surface area contributed by atoms with Crippen molar-refractivity contribution in [2.45, 2.75) is 31.2 Å². The molecule has 42 heavy (non-hydrogen) atoms. The van der Waals surface area contributed by atoms with Gasteiger partial charge in [0.15, 0.2) is 0 Å². The van der Waals surface area contributed by atoms with E-state index in [0.717, 1.165) is 15.4 Å². The SMILES string of the molecule is CNC(=O)[C@@H](C)N(CCc1ccccc1)C(=O)CN(c1ccc(Oc2ccccc2)cc1)S(=O)(=O)c1ccc(C)cc1. The molecule has 9 heteroatoms. The van der Waals surface area contributed by atoms with Gasteiger partial charge in [0.2, 0.25) is 11.8 Å². The molecular weight excluding hydrogens is 550 g/mol. The number of sulfonamides is 1. The highest BCUT2D eigenvalue weighted by Gasteiger charge is 2.32. The van der Waals surface area contributed by atoms with Crippen molar-refractivity contribution in [1.29, 1.82) is 0 Å². The Kier molecular flexibility index (Phi) is 9.98. The fourth-order valence-electron chi connectivity index (χ4n) is 4.45. The summed E-state index contributed by atoms with van der Waals surface area (Å²) in [7, 11) is -2.64. The van der Waals surface area contributed by atoms with Crippen LogP contribution in [0.4, 0.5) is 5.69 Å². The van der Waals surface area contributed by atoms with E-state index in [1.54, 1.807) is 43.3 Å². The van der Waals surface area contributed by atoms with Crippen molar-refractivity contribution >= 4 is 27.5 Å². The monoisotopic (exact) mass is 585 g/mol. The predicted molar refractivity (Wildman–Crippen MR) is 164 cm³/mol. The minimum atomic E-state index is -4.15. The molecule has 4 rings (SSSR count). The lowest BCUT2D eigenvalue weighted by Crippen LogP contribution is -2.51. The second-order valence-electron chi connectivity index (χ2n) is 9.85. The summed E-state index contributed by atoms with van der Waals surface area (Å²) in [6.07, 6.45) is 0.504. The van der Waals surface area contributed by atoms with Crippen LogP contribution in [0.25, 0.3) is 0 Å². The van der Waals surface area contributed by atoms with Crippen LogP contribution in [-0.4, -0.2) is 51.3 Å².